The third-order valence-corrected chi connectivity index (χ3v) is 5.51. The van der Waals surface area contributed by atoms with Crippen molar-refractivity contribution in [3.63, 3.8) is 0 Å². The Morgan fingerprint density at radius 1 is 1.18 bits per heavy atom. The van der Waals surface area contributed by atoms with Gasteiger partial charge >= 0.3 is 0 Å². The third kappa shape index (κ3) is 2.03. The Kier molecular flexibility index (Phi) is 3.18. The first kappa shape index (κ1) is 13.8. The number of nitrogens with two attached hydrogens (primary N) is 1. The van der Waals surface area contributed by atoms with Crippen LogP contribution in [0.4, 0.5) is 5.69 Å². The average Bonchev–Trinajstić information content (AvgIpc) is 2.67. The molecule has 2 bridgehead atoms. The fraction of sp³-hybridized carbons (Fsp3) is 0.529. The summed E-state index contributed by atoms with van der Waals surface area (Å²) in [6, 6.07) is 5.72. The van der Waals surface area contributed by atoms with Gasteiger partial charge in [0.1, 0.15) is 0 Å². The van der Waals surface area contributed by atoms with Crippen molar-refractivity contribution < 1.29 is 4.79 Å². The van der Waals surface area contributed by atoms with Gasteiger partial charge in [0, 0.05) is 42.5 Å². The van der Waals surface area contributed by atoms with Crippen LogP contribution in [0.3, 0.4) is 0 Å². The average molecular weight is 298 g/mol. The van der Waals surface area contributed by atoms with E-state index in [-0.39, 0.29) is 5.91 Å². The van der Waals surface area contributed by atoms with Gasteiger partial charge in [-0.25, -0.2) is 0 Å². The number of nitrogen functional groups attached to an aromatic ring is 1. The maximum Gasteiger partial charge on any atom is 0.254 e. The molecule has 5 rings (SSSR count). The molecule has 5 nitrogen and oxygen atoms in total. The maximum atomic E-state index is 13.1. The van der Waals surface area contributed by atoms with Gasteiger partial charge in [-0.05, 0) is 44.0 Å². The van der Waals surface area contributed by atoms with Crippen LogP contribution in [0.25, 0.3) is 0 Å². The molecule has 4 aliphatic rings. The minimum absolute atomic E-state index is 0.0586. The van der Waals surface area contributed by atoms with Gasteiger partial charge in [-0.3, -0.25) is 4.79 Å². The first-order valence-electron chi connectivity index (χ1n) is 8.15. The van der Waals surface area contributed by atoms with Crippen LogP contribution in [-0.4, -0.2) is 53.6 Å². The molecule has 1 unspecified atom stereocenters. The minimum atomic E-state index is 0.0586. The fourth-order valence-electron chi connectivity index (χ4n) is 4.30. The van der Waals surface area contributed by atoms with Crippen molar-refractivity contribution in [3.05, 3.63) is 29.3 Å². The Balaban J connectivity index is 1.71. The highest BCUT2D eigenvalue weighted by Gasteiger charge is 2.40. The quantitative estimate of drug-likeness (QED) is 0.773. The van der Waals surface area contributed by atoms with E-state index in [1.165, 1.54) is 25.9 Å². The zero-order chi connectivity index (χ0) is 15.3. The number of amides is 1. The van der Waals surface area contributed by atoms with E-state index in [4.69, 9.17) is 11.1 Å². The summed E-state index contributed by atoms with van der Waals surface area (Å²) < 4.78 is 0. The second-order valence-corrected chi connectivity index (χ2v) is 6.70. The number of carbonyl (C=O) groups is 1. The molecule has 1 aromatic carbocycles. The maximum absolute atomic E-state index is 13.1. The zero-order valence-electron chi connectivity index (χ0n) is 12.7. The normalized spacial score (nSPS) is 31.1. The summed E-state index contributed by atoms with van der Waals surface area (Å²) in [5.41, 5.74) is 8.33. The topological polar surface area (TPSA) is 73.4 Å². The summed E-state index contributed by atoms with van der Waals surface area (Å²) in [6.07, 6.45) is 2.97. The molecular weight excluding hydrogens is 276 g/mol. The van der Waals surface area contributed by atoms with Crippen LogP contribution < -0.4 is 5.73 Å². The number of piperidine rings is 3. The van der Waals surface area contributed by atoms with Crippen molar-refractivity contribution in [2.75, 3.05) is 31.9 Å². The van der Waals surface area contributed by atoms with E-state index in [0.717, 1.165) is 6.54 Å². The first-order chi connectivity index (χ1) is 10.6. The Hall–Kier alpha value is -1.88. The molecule has 3 saturated heterocycles. The van der Waals surface area contributed by atoms with Crippen LogP contribution in [0, 0.1) is 11.3 Å². The molecule has 0 aliphatic carbocycles. The number of hydrogen-bond donors (Lipinski definition) is 2. The zero-order valence-corrected chi connectivity index (χ0v) is 12.7. The Bertz CT molecular complexity index is 634. The molecule has 0 radical (unpaired) electrons. The molecule has 1 atom stereocenters. The van der Waals surface area contributed by atoms with E-state index in [1.54, 1.807) is 6.07 Å². The molecule has 1 amide bonds. The lowest BCUT2D eigenvalue weighted by Gasteiger charge is -2.48. The highest BCUT2D eigenvalue weighted by Crippen LogP contribution is 2.34. The van der Waals surface area contributed by atoms with Gasteiger partial charge in [0.25, 0.3) is 5.91 Å². The Morgan fingerprint density at radius 3 is 2.64 bits per heavy atom. The molecule has 116 valence electrons. The lowest BCUT2D eigenvalue weighted by molar-refractivity contribution is 0.00868. The predicted octanol–water partition coefficient (Wildman–Crippen LogP) is 1.58. The third-order valence-electron chi connectivity index (χ3n) is 5.51. The number of rotatable bonds is 1. The van der Waals surface area contributed by atoms with Gasteiger partial charge in [-0.2, -0.15) is 0 Å². The molecule has 1 aromatic rings. The fourth-order valence-corrected chi connectivity index (χ4v) is 4.30. The van der Waals surface area contributed by atoms with Gasteiger partial charge in [0.15, 0.2) is 0 Å². The van der Waals surface area contributed by atoms with Gasteiger partial charge < -0.3 is 20.9 Å². The lowest BCUT2D eigenvalue weighted by Crippen LogP contribution is -2.58. The standard InChI is InChI=1S/C17H22N4O/c18-13-3-1-2-12-16(13)14(19)6-9-21(17(12)22)15-10-20-7-4-11(15)5-8-20/h1-3,11,15,19H,4-10,18H2. The second-order valence-electron chi connectivity index (χ2n) is 6.70. The number of anilines is 1. The molecular formula is C17H22N4O. The number of nitrogens with zero attached hydrogens (tertiary/aromatic N) is 2. The number of benzene rings is 1. The Morgan fingerprint density at radius 2 is 1.95 bits per heavy atom. The summed E-state index contributed by atoms with van der Waals surface area (Å²) in [5, 5.41) is 8.28. The van der Waals surface area contributed by atoms with Crippen molar-refractivity contribution in [1.29, 1.82) is 5.41 Å². The molecule has 4 aliphatic heterocycles. The van der Waals surface area contributed by atoms with E-state index in [2.05, 4.69) is 4.90 Å². The minimum Gasteiger partial charge on any atom is -0.398 e. The number of nitrogens with one attached hydrogen (secondary N) is 1. The van der Waals surface area contributed by atoms with E-state index in [0.29, 0.717) is 47.5 Å². The van der Waals surface area contributed by atoms with Crippen molar-refractivity contribution in [3.8, 4) is 0 Å². The van der Waals surface area contributed by atoms with Crippen LogP contribution in [0.5, 0.6) is 0 Å². The van der Waals surface area contributed by atoms with Crippen molar-refractivity contribution >= 4 is 17.3 Å². The summed E-state index contributed by atoms with van der Waals surface area (Å²) in [6.45, 7) is 3.97. The van der Waals surface area contributed by atoms with Crippen molar-refractivity contribution in [2.45, 2.75) is 25.3 Å². The van der Waals surface area contributed by atoms with E-state index in [1.807, 2.05) is 17.0 Å². The molecule has 3 fully saturated rings. The van der Waals surface area contributed by atoms with Gasteiger partial charge in [0.05, 0.1) is 5.56 Å². The highest BCUT2D eigenvalue weighted by molar-refractivity contribution is 6.13. The van der Waals surface area contributed by atoms with Crippen LogP contribution in [0.2, 0.25) is 0 Å². The molecule has 22 heavy (non-hydrogen) atoms. The monoisotopic (exact) mass is 298 g/mol. The number of fused-ring (bicyclic) bond motifs is 4. The predicted molar refractivity (Wildman–Crippen MR) is 86.3 cm³/mol. The lowest BCUT2D eigenvalue weighted by atomic mass is 9.83. The summed E-state index contributed by atoms with van der Waals surface area (Å²) in [7, 11) is 0. The van der Waals surface area contributed by atoms with Gasteiger partial charge in [0.2, 0.25) is 0 Å². The van der Waals surface area contributed by atoms with Crippen LogP contribution in [-0.2, 0) is 0 Å². The smallest absolute Gasteiger partial charge is 0.254 e. The van der Waals surface area contributed by atoms with Gasteiger partial charge in [-0.15, -0.1) is 0 Å². The molecule has 3 N–H and O–H groups in total. The molecule has 5 heteroatoms. The van der Waals surface area contributed by atoms with Crippen LogP contribution in [0.1, 0.15) is 35.2 Å². The summed E-state index contributed by atoms with van der Waals surface area (Å²) >= 11 is 0. The van der Waals surface area contributed by atoms with Crippen molar-refractivity contribution in [2.24, 2.45) is 5.92 Å². The Labute approximate surface area is 130 Å². The van der Waals surface area contributed by atoms with Crippen LogP contribution >= 0.6 is 0 Å². The molecule has 4 heterocycles. The molecule has 0 saturated carbocycles. The number of carbonyl (C=O) groups excluding carboxylic acids is 1. The number of hydrogen-bond acceptors (Lipinski definition) is 4. The first-order valence-corrected chi connectivity index (χ1v) is 8.15. The van der Waals surface area contributed by atoms with E-state index in [9.17, 15) is 4.79 Å². The van der Waals surface area contributed by atoms with Crippen molar-refractivity contribution in [1.82, 2.24) is 9.80 Å². The summed E-state index contributed by atoms with van der Waals surface area (Å²) in [4.78, 5) is 17.6. The largest absolute Gasteiger partial charge is 0.398 e. The van der Waals surface area contributed by atoms with E-state index >= 15 is 0 Å². The molecule has 0 aromatic heterocycles. The highest BCUT2D eigenvalue weighted by atomic mass is 16.2. The SMILES string of the molecule is N=C1CCN(C2CN3CCC2CC3)C(=O)c2cccc(N)c21. The summed E-state index contributed by atoms with van der Waals surface area (Å²) in [5.74, 6) is 0.675. The van der Waals surface area contributed by atoms with Crippen LogP contribution in [0.15, 0.2) is 18.2 Å². The second kappa shape index (κ2) is 5.09. The molecule has 0 spiro atoms. The van der Waals surface area contributed by atoms with E-state index < -0.39 is 0 Å². The van der Waals surface area contributed by atoms with Gasteiger partial charge in [-0.1, -0.05) is 6.07 Å².